The Morgan fingerprint density at radius 2 is 2.04 bits per heavy atom. The van der Waals surface area contributed by atoms with Crippen molar-refractivity contribution in [2.75, 3.05) is 5.32 Å². The number of thiophene rings is 1. The van der Waals surface area contributed by atoms with Crippen LogP contribution in [0.25, 0.3) is 10.1 Å². The lowest BCUT2D eigenvalue weighted by molar-refractivity contribution is -0.116. The minimum atomic E-state index is -0.0195. The van der Waals surface area contributed by atoms with Crippen LogP contribution in [0.3, 0.4) is 0 Å². The van der Waals surface area contributed by atoms with Gasteiger partial charge in [0.1, 0.15) is 0 Å². The molecule has 0 aliphatic heterocycles. The van der Waals surface area contributed by atoms with Crippen molar-refractivity contribution >= 4 is 33.0 Å². The summed E-state index contributed by atoms with van der Waals surface area (Å²) in [7, 11) is 0. The van der Waals surface area contributed by atoms with Crippen LogP contribution in [-0.2, 0) is 17.8 Å². The van der Waals surface area contributed by atoms with Gasteiger partial charge in [-0.05, 0) is 59.4 Å². The van der Waals surface area contributed by atoms with Gasteiger partial charge < -0.3 is 10.4 Å². The summed E-state index contributed by atoms with van der Waals surface area (Å²) in [6.07, 6.45) is 2.23. The number of hydrogen-bond acceptors (Lipinski definition) is 3. The highest BCUT2D eigenvalue weighted by Crippen LogP contribution is 2.27. The Hall–Kier alpha value is -2.17. The van der Waals surface area contributed by atoms with Crippen LogP contribution < -0.4 is 5.32 Å². The molecule has 0 bridgehead atoms. The van der Waals surface area contributed by atoms with Crippen molar-refractivity contribution in [1.82, 2.24) is 0 Å². The molecule has 2 N–H and O–H groups in total. The van der Waals surface area contributed by atoms with Crippen molar-refractivity contribution < 1.29 is 9.90 Å². The van der Waals surface area contributed by atoms with Crippen molar-refractivity contribution in [2.45, 2.75) is 32.8 Å². The largest absolute Gasteiger partial charge is 0.392 e. The lowest BCUT2D eigenvalue weighted by atomic mass is 10.1. The van der Waals surface area contributed by atoms with Crippen LogP contribution in [-0.4, -0.2) is 11.0 Å². The summed E-state index contributed by atoms with van der Waals surface area (Å²) in [4.78, 5) is 12.2. The molecule has 1 amide bonds. The zero-order chi connectivity index (χ0) is 16.9. The van der Waals surface area contributed by atoms with Gasteiger partial charge in [0, 0.05) is 16.8 Å². The van der Waals surface area contributed by atoms with Crippen molar-refractivity contribution in [2.24, 2.45) is 0 Å². The number of carbonyl (C=O) groups excluding carboxylic acids is 1. The zero-order valence-electron chi connectivity index (χ0n) is 13.7. The fourth-order valence-electron chi connectivity index (χ4n) is 2.78. The number of benzene rings is 2. The van der Waals surface area contributed by atoms with Gasteiger partial charge in [0.2, 0.25) is 5.91 Å². The molecule has 0 atom stereocenters. The smallest absolute Gasteiger partial charge is 0.224 e. The van der Waals surface area contributed by atoms with Crippen LogP contribution in [0.4, 0.5) is 5.69 Å². The van der Waals surface area contributed by atoms with E-state index in [0.29, 0.717) is 6.42 Å². The molecule has 3 nitrogen and oxygen atoms in total. The lowest BCUT2D eigenvalue weighted by Crippen LogP contribution is -2.12. The quantitative estimate of drug-likeness (QED) is 0.686. The highest BCUT2D eigenvalue weighted by molar-refractivity contribution is 7.17. The molecule has 3 rings (SSSR count). The van der Waals surface area contributed by atoms with Crippen molar-refractivity contribution in [3.63, 3.8) is 0 Å². The van der Waals surface area contributed by atoms with E-state index in [2.05, 4.69) is 35.0 Å². The minimum absolute atomic E-state index is 0.0195. The molecule has 1 aromatic heterocycles. The molecular weight excluding hydrogens is 318 g/mol. The molecule has 0 radical (unpaired) electrons. The second-order valence-electron chi connectivity index (χ2n) is 5.97. The highest BCUT2D eigenvalue weighted by Gasteiger charge is 2.08. The van der Waals surface area contributed by atoms with E-state index >= 15 is 0 Å². The summed E-state index contributed by atoms with van der Waals surface area (Å²) in [6, 6.07) is 14.0. The number of amides is 1. The maximum Gasteiger partial charge on any atom is 0.224 e. The van der Waals surface area contributed by atoms with Crippen LogP contribution in [0.2, 0.25) is 0 Å². The summed E-state index contributed by atoms with van der Waals surface area (Å²) in [6.45, 7) is 1.93. The van der Waals surface area contributed by atoms with Crippen molar-refractivity contribution in [1.29, 1.82) is 0 Å². The van der Waals surface area contributed by atoms with E-state index in [9.17, 15) is 9.90 Å². The van der Waals surface area contributed by atoms with Crippen LogP contribution in [0.1, 0.15) is 29.5 Å². The SMILES string of the molecule is Cc1ccc(CO)cc1NC(=O)CCCc1csc2ccccc12. The Balaban J connectivity index is 1.56. The summed E-state index contributed by atoms with van der Waals surface area (Å²) in [5.41, 5.74) is 3.92. The van der Waals surface area contributed by atoms with Crippen molar-refractivity contribution in [3.05, 3.63) is 64.5 Å². The fraction of sp³-hybridized carbons (Fsp3) is 0.250. The lowest BCUT2D eigenvalue weighted by Gasteiger charge is -2.10. The fourth-order valence-corrected chi connectivity index (χ4v) is 3.78. The van der Waals surface area contributed by atoms with Gasteiger partial charge in [-0.1, -0.05) is 30.3 Å². The van der Waals surface area contributed by atoms with E-state index < -0.39 is 0 Å². The molecule has 0 fully saturated rings. The van der Waals surface area contributed by atoms with Crippen LogP contribution in [0, 0.1) is 6.92 Å². The molecule has 2 aromatic carbocycles. The van der Waals surface area contributed by atoms with Gasteiger partial charge in [0.05, 0.1) is 6.61 Å². The summed E-state index contributed by atoms with van der Waals surface area (Å²) < 4.78 is 1.30. The molecule has 124 valence electrons. The van der Waals surface area contributed by atoms with Gasteiger partial charge in [-0.2, -0.15) is 0 Å². The first-order chi connectivity index (χ1) is 11.7. The van der Waals surface area contributed by atoms with E-state index in [1.165, 1.54) is 15.6 Å². The Kier molecular flexibility index (Phi) is 5.28. The number of aliphatic hydroxyl groups excluding tert-OH is 1. The van der Waals surface area contributed by atoms with Gasteiger partial charge in [0.15, 0.2) is 0 Å². The normalized spacial score (nSPS) is 10.9. The first kappa shape index (κ1) is 16.7. The molecule has 0 saturated carbocycles. The molecular formula is C20H21NO2S. The monoisotopic (exact) mass is 339 g/mol. The Labute approximate surface area is 146 Å². The maximum absolute atomic E-state index is 12.2. The van der Waals surface area contributed by atoms with Gasteiger partial charge in [0.25, 0.3) is 0 Å². The molecule has 0 aliphatic rings. The average Bonchev–Trinajstić information content (AvgIpc) is 3.00. The third-order valence-electron chi connectivity index (χ3n) is 4.17. The summed E-state index contributed by atoms with van der Waals surface area (Å²) in [5, 5.41) is 15.7. The molecule has 0 unspecified atom stereocenters. The minimum Gasteiger partial charge on any atom is -0.392 e. The van der Waals surface area contributed by atoms with E-state index in [-0.39, 0.29) is 12.5 Å². The summed E-state index contributed by atoms with van der Waals surface area (Å²) in [5.74, 6) is 0.0210. The number of carbonyl (C=O) groups is 1. The topological polar surface area (TPSA) is 49.3 Å². The first-order valence-electron chi connectivity index (χ1n) is 8.12. The molecule has 0 aliphatic carbocycles. The Bertz CT molecular complexity index is 854. The maximum atomic E-state index is 12.2. The first-order valence-corrected chi connectivity index (χ1v) is 9.00. The summed E-state index contributed by atoms with van der Waals surface area (Å²) >= 11 is 1.76. The predicted molar refractivity (Wildman–Crippen MR) is 100 cm³/mol. The number of nitrogens with one attached hydrogen (secondary N) is 1. The molecule has 0 saturated heterocycles. The van der Waals surface area contributed by atoms with E-state index in [0.717, 1.165) is 29.7 Å². The van der Waals surface area contributed by atoms with Gasteiger partial charge >= 0.3 is 0 Å². The van der Waals surface area contributed by atoms with E-state index in [1.54, 1.807) is 11.3 Å². The third kappa shape index (κ3) is 3.83. The van der Waals surface area contributed by atoms with Crippen molar-refractivity contribution in [3.8, 4) is 0 Å². The number of aryl methyl sites for hydroxylation is 2. The predicted octanol–water partition coefficient (Wildman–Crippen LogP) is 4.66. The number of anilines is 1. The van der Waals surface area contributed by atoms with Crippen LogP contribution >= 0.6 is 11.3 Å². The number of rotatable bonds is 6. The second-order valence-corrected chi connectivity index (χ2v) is 6.88. The number of hydrogen-bond donors (Lipinski definition) is 2. The van der Waals surface area contributed by atoms with E-state index in [1.807, 2.05) is 25.1 Å². The standard InChI is InChI=1S/C20H21NO2S/c1-14-9-10-15(12-22)11-18(14)21-20(23)8-4-5-16-13-24-19-7-3-2-6-17(16)19/h2-3,6-7,9-11,13,22H,4-5,8,12H2,1H3,(H,21,23). The average molecular weight is 339 g/mol. The molecule has 4 heteroatoms. The molecule has 24 heavy (non-hydrogen) atoms. The number of fused-ring (bicyclic) bond motifs is 1. The number of aliphatic hydroxyl groups is 1. The van der Waals surface area contributed by atoms with E-state index in [4.69, 9.17) is 0 Å². The zero-order valence-corrected chi connectivity index (χ0v) is 14.5. The molecule has 1 heterocycles. The molecule has 3 aromatic rings. The highest BCUT2D eigenvalue weighted by atomic mass is 32.1. The van der Waals surface area contributed by atoms with Crippen LogP contribution in [0.5, 0.6) is 0 Å². The molecule has 0 spiro atoms. The second kappa shape index (κ2) is 7.60. The van der Waals surface area contributed by atoms with Gasteiger partial charge in [-0.15, -0.1) is 11.3 Å². The van der Waals surface area contributed by atoms with Gasteiger partial charge in [-0.3, -0.25) is 4.79 Å². The van der Waals surface area contributed by atoms with Crippen LogP contribution in [0.15, 0.2) is 47.8 Å². The Morgan fingerprint density at radius 3 is 2.88 bits per heavy atom. The third-order valence-corrected chi connectivity index (χ3v) is 5.18. The Morgan fingerprint density at radius 1 is 1.21 bits per heavy atom. The van der Waals surface area contributed by atoms with Gasteiger partial charge in [-0.25, -0.2) is 0 Å².